The molecular weight excluding hydrogens is 301 g/mol. The smallest absolute Gasteiger partial charge is 0.268 e. The van der Waals surface area contributed by atoms with Crippen molar-refractivity contribution in [2.24, 2.45) is 0 Å². The number of fused-ring (bicyclic) bond motifs is 1. The lowest BCUT2D eigenvalue weighted by atomic mass is 10.2. The topological polar surface area (TPSA) is 87.1 Å². The molecule has 23 heavy (non-hydrogen) atoms. The largest absolute Gasteiger partial charge is 0.467 e. The normalized spacial score (nSPS) is 10.7. The van der Waals surface area contributed by atoms with Crippen molar-refractivity contribution in [2.75, 3.05) is 6.54 Å². The molecule has 0 fully saturated rings. The highest BCUT2D eigenvalue weighted by Crippen LogP contribution is 2.16. The minimum absolute atomic E-state index is 0.163. The number of aromatic nitrogens is 1. The molecule has 118 valence electrons. The molecule has 0 saturated carbocycles. The summed E-state index contributed by atoms with van der Waals surface area (Å²) in [5.74, 6) is -0.519. The minimum Gasteiger partial charge on any atom is -0.467 e. The van der Waals surface area contributed by atoms with Gasteiger partial charge in [0, 0.05) is 10.9 Å². The van der Waals surface area contributed by atoms with E-state index in [1.165, 1.54) is 24.5 Å². The number of hydrogen-bond donors (Lipinski definition) is 3. The van der Waals surface area contributed by atoms with Gasteiger partial charge in [0.2, 0.25) is 5.91 Å². The van der Waals surface area contributed by atoms with Crippen LogP contribution in [0.5, 0.6) is 0 Å². The Morgan fingerprint density at radius 1 is 1.17 bits per heavy atom. The number of nitrogens with one attached hydrogen (secondary N) is 3. The highest BCUT2D eigenvalue weighted by atomic mass is 19.1. The number of H-pyrrole nitrogens is 1. The van der Waals surface area contributed by atoms with E-state index in [-0.39, 0.29) is 30.5 Å². The summed E-state index contributed by atoms with van der Waals surface area (Å²) < 4.78 is 18.2. The van der Waals surface area contributed by atoms with E-state index < -0.39 is 5.91 Å². The van der Waals surface area contributed by atoms with Gasteiger partial charge in [0.25, 0.3) is 5.91 Å². The number of halogens is 1. The second-order valence-corrected chi connectivity index (χ2v) is 4.95. The standard InChI is InChI=1S/C16H14FN3O3/c17-11-3-4-13-10(6-11)7-14(20-13)16(22)19-9-15(21)18-8-12-2-1-5-23-12/h1-7,20H,8-9H2,(H,18,21)(H,19,22). The SMILES string of the molecule is O=C(CNC(=O)c1cc2cc(F)ccc2[nH]1)NCc1ccco1. The number of hydrogen-bond acceptors (Lipinski definition) is 3. The van der Waals surface area contributed by atoms with E-state index in [0.29, 0.717) is 16.7 Å². The molecule has 0 saturated heterocycles. The molecular formula is C16H14FN3O3. The summed E-state index contributed by atoms with van der Waals surface area (Å²) >= 11 is 0. The molecule has 3 N–H and O–H groups in total. The molecule has 2 aromatic heterocycles. The summed E-state index contributed by atoms with van der Waals surface area (Å²) in [5.41, 5.74) is 0.920. The van der Waals surface area contributed by atoms with Gasteiger partial charge in [0.15, 0.2) is 0 Å². The van der Waals surface area contributed by atoms with Crippen molar-refractivity contribution in [1.29, 1.82) is 0 Å². The fourth-order valence-corrected chi connectivity index (χ4v) is 2.14. The van der Waals surface area contributed by atoms with Gasteiger partial charge in [-0.05, 0) is 36.4 Å². The van der Waals surface area contributed by atoms with Gasteiger partial charge in [0.05, 0.1) is 19.4 Å². The summed E-state index contributed by atoms with van der Waals surface area (Å²) in [6.45, 7) is 0.0939. The monoisotopic (exact) mass is 315 g/mol. The molecule has 0 spiro atoms. The van der Waals surface area contributed by atoms with E-state index in [1.807, 2.05) is 0 Å². The van der Waals surface area contributed by atoms with Gasteiger partial charge in [-0.25, -0.2) is 4.39 Å². The molecule has 0 radical (unpaired) electrons. The minimum atomic E-state index is -0.435. The van der Waals surface area contributed by atoms with Crippen LogP contribution in [0.1, 0.15) is 16.2 Å². The van der Waals surface area contributed by atoms with E-state index in [9.17, 15) is 14.0 Å². The molecule has 0 atom stereocenters. The van der Waals surface area contributed by atoms with Crippen LogP contribution in [0, 0.1) is 5.82 Å². The Morgan fingerprint density at radius 3 is 2.83 bits per heavy atom. The number of furan rings is 1. The first-order valence-corrected chi connectivity index (χ1v) is 6.97. The Balaban J connectivity index is 1.54. The van der Waals surface area contributed by atoms with E-state index in [4.69, 9.17) is 4.42 Å². The Kier molecular flexibility index (Phi) is 4.09. The van der Waals surface area contributed by atoms with Crippen molar-refractivity contribution in [3.63, 3.8) is 0 Å². The van der Waals surface area contributed by atoms with Crippen molar-refractivity contribution in [3.8, 4) is 0 Å². The van der Waals surface area contributed by atoms with Crippen molar-refractivity contribution in [3.05, 3.63) is 59.9 Å². The molecule has 2 heterocycles. The summed E-state index contributed by atoms with van der Waals surface area (Å²) in [5, 5.41) is 5.71. The lowest BCUT2D eigenvalue weighted by molar-refractivity contribution is -0.120. The molecule has 0 aliphatic rings. The van der Waals surface area contributed by atoms with E-state index in [0.717, 1.165) is 0 Å². The average Bonchev–Trinajstić information content (AvgIpc) is 3.19. The zero-order valence-electron chi connectivity index (χ0n) is 12.1. The third kappa shape index (κ3) is 3.57. The number of aromatic amines is 1. The number of benzene rings is 1. The highest BCUT2D eigenvalue weighted by Gasteiger charge is 2.11. The molecule has 0 aliphatic carbocycles. The molecule has 7 heteroatoms. The van der Waals surface area contributed by atoms with Crippen molar-refractivity contribution in [2.45, 2.75) is 6.54 Å². The summed E-state index contributed by atoms with van der Waals surface area (Å²) in [6, 6.07) is 9.19. The van der Waals surface area contributed by atoms with Crippen molar-refractivity contribution < 1.29 is 18.4 Å². The maximum Gasteiger partial charge on any atom is 0.268 e. The molecule has 2 amide bonds. The van der Waals surface area contributed by atoms with E-state index in [1.54, 1.807) is 18.2 Å². The van der Waals surface area contributed by atoms with Crippen molar-refractivity contribution >= 4 is 22.7 Å². The van der Waals surface area contributed by atoms with Crippen LogP contribution in [0.25, 0.3) is 10.9 Å². The Labute approximate surface area is 130 Å². The highest BCUT2D eigenvalue weighted by molar-refractivity contribution is 5.99. The van der Waals surface area contributed by atoms with Crippen LogP contribution in [0.15, 0.2) is 47.1 Å². The Morgan fingerprint density at radius 2 is 2.04 bits per heavy atom. The first kappa shape index (κ1) is 14.8. The van der Waals surface area contributed by atoms with Gasteiger partial charge in [0.1, 0.15) is 17.3 Å². The van der Waals surface area contributed by atoms with Crippen LogP contribution >= 0.6 is 0 Å². The summed E-state index contributed by atoms with van der Waals surface area (Å²) in [4.78, 5) is 26.5. The number of amides is 2. The first-order chi connectivity index (χ1) is 11.1. The van der Waals surface area contributed by atoms with Crippen LogP contribution in [0.2, 0.25) is 0 Å². The number of carbonyl (C=O) groups excluding carboxylic acids is 2. The van der Waals surface area contributed by atoms with Gasteiger partial charge in [-0.3, -0.25) is 9.59 Å². The van der Waals surface area contributed by atoms with Crippen LogP contribution in [0.3, 0.4) is 0 Å². The molecule has 3 rings (SSSR count). The zero-order valence-corrected chi connectivity index (χ0v) is 12.1. The van der Waals surface area contributed by atoms with Gasteiger partial charge in [-0.1, -0.05) is 0 Å². The fourth-order valence-electron chi connectivity index (χ4n) is 2.14. The number of carbonyl (C=O) groups is 2. The van der Waals surface area contributed by atoms with Gasteiger partial charge < -0.3 is 20.0 Å². The maximum atomic E-state index is 13.1. The van der Waals surface area contributed by atoms with Crippen LogP contribution in [0.4, 0.5) is 4.39 Å². The molecule has 0 aliphatic heterocycles. The summed E-state index contributed by atoms with van der Waals surface area (Å²) in [6.07, 6.45) is 1.52. The average molecular weight is 315 g/mol. The van der Waals surface area contributed by atoms with E-state index in [2.05, 4.69) is 15.6 Å². The first-order valence-electron chi connectivity index (χ1n) is 6.97. The predicted molar refractivity (Wildman–Crippen MR) is 81.1 cm³/mol. The lowest BCUT2D eigenvalue weighted by Gasteiger charge is -2.04. The predicted octanol–water partition coefficient (Wildman–Crippen LogP) is 1.95. The third-order valence-electron chi connectivity index (χ3n) is 3.28. The van der Waals surface area contributed by atoms with Gasteiger partial charge in [-0.2, -0.15) is 0 Å². The van der Waals surface area contributed by atoms with Crippen LogP contribution in [-0.2, 0) is 11.3 Å². The second-order valence-electron chi connectivity index (χ2n) is 4.95. The maximum absolute atomic E-state index is 13.1. The number of rotatable bonds is 5. The molecule has 3 aromatic rings. The van der Waals surface area contributed by atoms with Gasteiger partial charge >= 0.3 is 0 Å². The molecule has 6 nitrogen and oxygen atoms in total. The molecule has 0 bridgehead atoms. The third-order valence-corrected chi connectivity index (χ3v) is 3.28. The Bertz CT molecular complexity index is 840. The van der Waals surface area contributed by atoms with Crippen LogP contribution in [-0.4, -0.2) is 23.3 Å². The van der Waals surface area contributed by atoms with Gasteiger partial charge in [-0.15, -0.1) is 0 Å². The summed E-state index contributed by atoms with van der Waals surface area (Å²) in [7, 11) is 0. The van der Waals surface area contributed by atoms with Crippen molar-refractivity contribution in [1.82, 2.24) is 15.6 Å². The fraction of sp³-hybridized carbons (Fsp3) is 0.125. The van der Waals surface area contributed by atoms with E-state index >= 15 is 0 Å². The van der Waals surface area contributed by atoms with Crippen LogP contribution < -0.4 is 10.6 Å². The Hall–Kier alpha value is -3.09. The quantitative estimate of drug-likeness (QED) is 0.672. The second kappa shape index (κ2) is 6.35. The molecule has 1 aromatic carbocycles. The zero-order chi connectivity index (χ0) is 16.2. The molecule has 0 unspecified atom stereocenters. The lowest BCUT2D eigenvalue weighted by Crippen LogP contribution is -2.36.